The number of carbonyl (C=O) groups excluding carboxylic acids is 1. The van der Waals surface area contributed by atoms with Gasteiger partial charge in [-0.1, -0.05) is 12.1 Å². The van der Waals surface area contributed by atoms with E-state index < -0.39 is 0 Å². The van der Waals surface area contributed by atoms with Gasteiger partial charge in [-0.15, -0.1) is 0 Å². The molecule has 110 valence electrons. The van der Waals surface area contributed by atoms with E-state index in [0.717, 1.165) is 32.6 Å². The Morgan fingerprint density at radius 2 is 1.95 bits per heavy atom. The van der Waals surface area contributed by atoms with Crippen molar-refractivity contribution in [3.8, 4) is 0 Å². The quantitative estimate of drug-likeness (QED) is 0.864. The number of amides is 1. The van der Waals surface area contributed by atoms with E-state index in [2.05, 4.69) is 17.6 Å². The average Bonchev–Trinajstić information content (AvgIpc) is 2.53. The van der Waals surface area contributed by atoms with Crippen LogP contribution in [0.25, 0.3) is 0 Å². The normalized spacial score (nSPS) is 17.7. The number of rotatable bonds is 5. The number of carbonyl (C=O) groups is 1. The van der Waals surface area contributed by atoms with Crippen molar-refractivity contribution in [2.24, 2.45) is 5.92 Å². The monoisotopic (exact) mass is 276 g/mol. The van der Waals surface area contributed by atoms with Crippen LogP contribution in [0.1, 0.15) is 35.7 Å². The van der Waals surface area contributed by atoms with E-state index in [-0.39, 0.29) is 5.91 Å². The van der Waals surface area contributed by atoms with E-state index in [9.17, 15) is 4.79 Å². The molecule has 1 aliphatic heterocycles. The van der Waals surface area contributed by atoms with E-state index in [1.165, 1.54) is 5.56 Å². The van der Waals surface area contributed by atoms with Gasteiger partial charge in [0.25, 0.3) is 5.91 Å². The van der Waals surface area contributed by atoms with Gasteiger partial charge in [0.05, 0.1) is 0 Å². The fraction of sp³-hybridized carbons (Fsp3) is 0.562. The van der Waals surface area contributed by atoms with Crippen molar-refractivity contribution in [3.63, 3.8) is 0 Å². The zero-order valence-electron chi connectivity index (χ0n) is 12.3. The van der Waals surface area contributed by atoms with Crippen LogP contribution in [0.5, 0.6) is 0 Å². The summed E-state index contributed by atoms with van der Waals surface area (Å²) in [6.07, 6.45) is 2.29. The molecule has 2 N–H and O–H groups in total. The molecule has 1 heterocycles. The molecule has 0 radical (unpaired) electrons. The van der Waals surface area contributed by atoms with Gasteiger partial charge >= 0.3 is 0 Å². The first-order chi connectivity index (χ1) is 9.70. The number of benzene rings is 1. The van der Waals surface area contributed by atoms with Gasteiger partial charge in [-0.05, 0) is 43.4 Å². The summed E-state index contributed by atoms with van der Waals surface area (Å²) in [5, 5.41) is 6.20. The molecule has 4 heteroatoms. The Morgan fingerprint density at radius 1 is 1.30 bits per heavy atom. The SMILES string of the molecule is CNC(=O)c1ccc(CNC(C)C2CCOCC2)cc1. The summed E-state index contributed by atoms with van der Waals surface area (Å²) in [6, 6.07) is 8.25. The lowest BCUT2D eigenvalue weighted by molar-refractivity contribution is 0.0558. The lowest BCUT2D eigenvalue weighted by Crippen LogP contribution is -2.36. The molecular formula is C16H24N2O2. The van der Waals surface area contributed by atoms with Gasteiger partial charge in [-0.2, -0.15) is 0 Å². The Kier molecular flexibility index (Phi) is 5.56. The maximum atomic E-state index is 11.5. The minimum atomic E-state index is -0.0416. The number of nitrogens with one attached hydrogen (secondary N) is 2. The van der Waals surface area contributed by atoms with Crippen LogP contribution in [0.15, 0.2) is 24.3 Å². The predicted molar refractivity (Wildman–Crippen MR) is 79.7 cm³/mol. The number of hydrogen-bond donors (Lipinski definition) is 2. The van der Waals surface area contributed by atoms with Gasteiger partial charge in [0, 0.05) is 38.4 Å². The predicted octanol–water partition coefficient (Wildman–Crippen LogP) is 1.95. The molecule has 1 atom stereocenters. The first-order valence-corrected chi connectivity index (χ1v) is 7.33. The molecule has 0 saturated carbocycles. The minimum absolute atomic E-state index is 0.0416. The third-order valence-electron chi connectivity index (χ3n) is 4.04. The van der Waals surface area contributed by atoms with Crippen LogP contribution in [0.3, 0.4) is 0 Å². The highest BCUT2D eigenvalue weighted by molar-refractivity contribution is 5.93. The summed E-state index contributed by atoms with van der Waals surface area (Å²) < 4.78 is 5.39. The third-order valence-corrected chi connectivity index (χ3v) is 4.04. The number of ether oxygens (including phenoxy) is 1. The van der Waals surface area contributed by atoms with Crippen molar-refractivity contribution in [2.45, 2.75) is 32.4 Å². The molecular weight excluding hydrogens is 252 g/mol. The van der Waals surface area contributed by atoms with Crippen LogP contribution in [0.4, 0.5) is 0 Å². The molecule has 2 rings (SSSR count). The Morgan fingerprint density at radius 3 is 2.55 bits per heavy atom. The second-order valence-electron chi connectivity index (χ2n) is 5.40. The highest BCUT2D eigenvalue weighted by atomic mass is 16.5. The second-order valence-corrected chi connectivity index (χ2v) is 5.40. The van der Waals surface area contributed by atoms with Crippen LogP contribution in [-0.2, 0) is 11.3 Å². The summed E-state index contributed by atoms with van der Waals surface area (Å²) in [5.74, 6) is 0.661. The average molecular weight is 276 g/mol. The molecule has 4 nitrogen and oxygen atoms in total. The van der Waals surface area contributed by atoms with Crippen molar-refractivity contribution in [2.75, 3.05) is 20.3 Å². The van der Waals surface area contributed by atoms with Gasteiger partial charge in [-0.3, -0.25) is 4.79 Å². The van der Waals surface area contributed by atoms with Gasteiger partial charge in [0.2, 0.25) is 0 Å². The lowest BCUT2D eigenvalue weighted by Gasteiger charge is -2.28. The van der Waals surface area contributed by atoms with Crippen LogP contribution in [0.2, 0.25) is 0 Å². The zero-order chi connectivity index (χ0) is 14.4. The zero-order valence-corrected chi connectivity index (χ0v) is 12.3. The lowest BCUT2D eigenvalue weighted by atomic mass is 9.93. The highest BCUT2D eigenvalue weighted by Crippen LogP contribution is 2.18. The van der Waals surface area contributed by atoms with Crippen molar-refractivity contribution < 1.29 is 9.53 Å². The van der Waals surface area contributed by atoms with E-state index in [1.807, 2.05) is 24.3 Å². The largest absolute Gasteiger partial charge is 0.381 e. The Labute approximate surface area is 120 Å². The number of hydrogen-bond acceptors (Lipinski definition) is 3. The molecule has 20 heavy (non-hydrogen) atoms. The summed E-state index contributed by atoms with van der Waals surface area (Å²) in [5.41, 5.74) is 1.91. The smallest absolute Gasteiger partial charge is 0.251 e. The Hall–Kier alpha value is -1.39. The molecule has 1 saturated heterocycles. The topological polar surface area (TPSA) is 50.4 Å². The third kappa shape index (κ3) is 4.05. The molecule has 0 bridgehead atoms. The van der Waals surface area contributed by atoms with Crippen molar-refractivity contribution in [3.05, 3.63) is 35.4 Å². The standard InChI is InChI=1S/C16H24N2O2/c1-12(14-7-9-20-10-8-14)18-11-13-3-5-15(6-4-13)16(19)17-2/h3-6,12,14,18H,7-11H2,1-2H3,(H,17,19). The van der Waals surface area contributed by atoms with Gasteiger partial charge in [-0.25, -0.2) is 0 Å². The molecule has 0 aromatic heterocycles. The molecule has 1 unspecified atom stereocenters. The van der Waals surface area contributed by atoms with Gasteiger partial charge < -0.3 is 15.4 Å². The van der Waals surface area contributed by atoms with E-state index in [4.69, 9.17) is 4.74 Å². The first kappa shape index (κ1) is 15.0. The maximum Gasteiger partial charge on any atom is 0.251 e. The molecule has 1 aromatic carbocycles. The second kappa shape index (κ2) is 7.41. The molecule has 1 fully saturated rings. The summed E-state index contributed by atoms with van der Waals surface area (Å²) in [7, 11) is 1.65. The van der Waals surface area contributed by atoms with E-state index >= 15 is 0 Å². The molecule has 1 amide bonds. The first-order valence-electron chi connectivity index (χ1n) is 7.33. The molecule has 0 spiro atoms. The fourth-order valence-corrected chi connectivity index (χ4v) is 2.58. The van der Waals surface area contributed by atoms with Crippen LogP contribution < -0.4 is 10.6 Å². The maximum absolute atomic E-state index is 11.5. The summed E-state index contributed by atoms with van der Waals surface area (Å²) in [4.78, 5) is 11.5. The van der Waals surface area contributed by atoms with Crippen LogP contribution >= 0.6 is 0 Å². The van der Waals surface area contributed by atoms with Gasteiger partial charge in [0.1, 0.15) is 0 Å². The van der Waals surface area contributed by atoms with Crippen molar-refractivity contribution in [1.82, 2.24) is 10.6 Å². The Bertz CT molecular complexity index is 425. The van der Waals surface area contributed by atoms with Crippen molar-refractivity contribution >= 4 is 5.91 Å². The van der Waals surface area contributed by atoms with Crippen LogP contribution in [0, 0.1) is 5.92 Å². The fourth-order valence-electron chi connectivity index (χ4n) is 2.58. The molecule has 1 aromatic rings. The van der Waals surface area contributed by atoms with E-state index in [0.29, 0.717) is 17.5 Å². The molecule has 1 aliphatic rings. The van der Waals surface area contributed by atoms with Crippen LogP contribution in [-0.4, -0.2) is 32.2 Å². The Balaban J connectivity index is 1.82. The summed E-state index contributed by atoms with van der Waals surface area (Å²) >= 11 is 0. The highest BCUT2D eigenvalue weighted by Gasteiger charge is 2.19. The summed E-state index contributed by atoms with van der Waals surface area (Å²) in [6.45, 7) is 4.86. The van der Waals surface area contributed by atoms with Gasteiger partial charge in [0.15, 0.2) is 0 Å². The molecule has 0 aliphatic carbocycles. The minimum Gasteiger partial charge on any atom is -0.381 e. The van der Waals surface area contributed by atoms with E-state index in [1.54, 1.807) is 7.05 Å². The van der Waals surface area contributed by atoms with Crippen molar-refractivity contribution in [1.29, 1.82) is 0 Å².